The molecule has 0 bridgehead atoms. The molecule has 7 heteroatoms. The summed E-state index contributed by atoms with van der Waals surface area (Å²) in [7, 11) is 1.16. The third-order valence-electron chi connectivity index (χ3n) is 4.62. The molecular formula is C21H19FN2O4. The number of ether oxygens (including phenoxy) is 1. The number of nitrogens with zero attached hydrogens (tertiary/aromatic N) is 1. The summed E-state index contributed by atoms with van der Waals surface area (Å²) in [6.07, 6.45) is 4.34. The Bertz CT molecular complexity index is 975. The molecule has 2 amide bonds. The number of rotatable bonds is 5. The number of hydrogen-bond acceptors (Lipinski definition) is 4. The van der Waals surface area contributed by atoms with Crippen molar-refractivity contribution in [2.75, 3.05) is 7.11 Å². The van der Waals surface area contributed by atoms with E-state index in [0.29, 0.717) is 29.5 Å². The van der Waals surface area contributed by atoms with E-state index < -0.39 is 11.9 Å². The van der Waals surface area contributed by atoms with Gasteiger partial charge in [0.2, 0.25) is 0 Å². The van der Waals surface area contributed by atoms with Crippen molar-refractivity contribution >= 4 is 23.4 Å². The van der Waals surface area contributed by atoms with Crippen LogP contribution < -0.4 is 5.32 Å². The van der Waals surface area contributed by atoms with Gasteiger partial charge in [-0.3, -0.25) is 14.5 Å². The number of carbonyl (C=O) groups is 3. The number of amides is 2. The minimum atomic E-state index is -0.794. The first-order valence-electron chi connectivity index (χ1n) is 8.61. The quantitative estimate of drug-likeness (QED) is 0.628. The highest BCUT2D eigenvalue weighted by atomic mass is 19.1. The zero-order chi connectivity index (χ0) is 20.4. The molecule has 3 rings (SSSR count). The maximum Gasteiger partial charge on any atom is 0.353 e. The average molecular weight is 382 g/mol. The lowest BCUT2D eigenvalue weighted by Gasteiger charge is -2.18. The van der Waals surface area contributed by atoms with Crippen LogP contribution in [0.3, 0.4) is 0 Å². The molecule has 6 nitrogen and oxygen atoms in total. The lowest BCUT2D eigenvalue weighted by Crippen LogP contribution is -2.36. The number of carbonyl (C=O) groups excluding carboxylic acids is 3. The molecule has 144 valence electrons. The predicted molar refractivity (Wildman–Crippen MR) is 101 cm³/mol. The maximum atomic E-state index is 13.7. The van der Waals surface area contributed by atoms with E-state index in [2.05, 4.69) is 23.2 Å². The van der Waals surface area contributed by atoms with Gasteiger partial charge in [0.25, 0.3) is 11.8 Å². The number of hydrogen-bond donors (Lipinski definition) is 1. The zero-order valence-electron chi connectivity index (χ0n) is 15.4. The van der Waals surface area contributed by atoms with Gasteiger partial charge in [0.1, 0.15) is 17.2 Å². The van der Waals surface area contributed by atoms with Crippen LogP contribution in [0.5, 0.6) is 0 Å². The van der Waals surface area contributed by atoms with Crippen LogP contribution in [-0.4, -0.2) is 29.8 Å². The topological polar surface area (TPSA) is 75.7 Å². The van der Waals surface area contributed by atoms with Crippen LogP contribution >= 0.6 is 0 Å². The lowest BCUT2D eigenvalue weighted by atomic mass is 9.93. The summed E-state index contributed by atoms with van der Waals surface area (Å²) in [5.41, 5.74) is 2.20. The van der Waals surface area contributed by atoms with E-state index in [9.17, 15) is 18.8 Å². The van der Waals surface area contributed by atoms with E-state index in [-0.39, 0.29) is 29.7 Å². The molecule has 0 fully saturated rings. The van der Waals surface area contributed by atoms with Crippen molar-refractivity contribution in [3.63, 3.8) is 0 Å². The van der Waals surface area contributed by atoms with Crippen molar-refractivity contribution in [1.29, 1.82) is 0 Å². The fourth-order valence-corrected chi connectivity index (χ4v) is 3.18. The van der Waals surface area contributed by atoms with Crippen molar-refractivity contribution in [2.45, 2.75) is 19.4 Å². The van der Waals surface area contributed by atoms with Crippen LogP contribution in [0.15, 0.2) is 60.7 Å². The summed E-state index contributed by atoms with van der Waals surface area (Å²) in [5, 5.41) is 2.27. The third kappa shape index (κ3) is 3.51. The van der Waals surface area contributed by atoms with Crippen LogP contribution in [0.25, 0.3) is 5.57 Å². The summed E-state index contributed by atoms with van der Waals surface area (Å²) in [6.45, 7) is 7.21. The molecule has 0 radical (unpaired) electrons. The summed E-state index contributed by atoms with van der Waals surface area (Å²) in [5.74, 6) is -2.12. The molecule has 1 aliphatic heterocycles. The Hall–Kier alpha value is -3.48. The molecule has 28 heavy (non-hydrogen) atoms. The van der Waals surface area contributed by atoms with E-state index in [1.54, 1.807) is 12.1 Å². The molecule has 0 aromatic heterocycles. The van der Waals surface area contributed by atoms with Crippen molar-refractivity contribution in [2.24, 2.45) is 0 Å². The Morgan fingerprint density at radius 3 is 2.64 bits per heavy atom. The van der Waals surface area contributed by atoms with Gasteiger partial charge in [-0.15, -0.1) is 0 Å². The number of benzene rings is 1. The highest BCUT2D eigenvalue weighted by Gasteiger charge is 2.34. The standard InChI is InChI=1S/C21H19FN2O4/c1-12(21(27)28-3)23-19(25)13(2)24-11-18-16(8-5-9-17(18)20(24)26)14-6-4-7-15(22)10-14/h5-6,8-10H,1-2,4,7,11H2,3H3,(H,23,25). The van der Waals surface area contributed by atoms with Gasteiger partial charge in [-0.25, -0.2) is 9.18 Å². The van der Waals surface area contributed by atoms with Gasteiger partial charge in [0.05, 0.1) is 13.7 Å². The second kappa shape index (κ2) is 7.64. The predicted octanol–water partition coefficient (Wildman–Crippen LogP) is 2.99. The fourth-order valence-electron chi connectivity index (χ4n) is 3.18. The van der Waals surface area contributed by atoms with Crippen LogP contribution in [0.2, 0.25) is 0 Å². The third-order valence-corrected chi connectivity index (χ3v) is 4.62. The summed E-state index contributed by atoms with van der Waals surface area (Å²) < 4.78 is 18.2. The first-order valence-corrected chi connectivity index (χ1v) is 8.61. The van der Waals surface area contributed by atoms with Gasteiger partial charge in [0.15, 0.2) is 0 Å². The van der Waals surface area contributed by atoms with Crippen molar-refractivity contribution in [1.82, 2.24) is 10.2 Å². The SMILES string of the molecule is C=C(NC(=O)C(=C)N1Cc2c(cccc2C2=CCCC(F)=C2)C1=O)C(=O)OC. The number of allylic oxidation sites excluding steroid dienone is 4. The first-order chi connectivity index (χ1) is 13.3. The number of fused-ring (bicyclic) bond motifs is 1. The van der Waals surface area contributed by atoms with Gasteiger partial charge < -0.3 is 10.1 Å². The second-order valence-corrected chi connectivity index (χ2v) is 6.38. The Kier molecular flexibility index (Phi) is 5.26. The number of methoxy groups -OCH3 is 1. The van der Waals surface area contributed by atoms with Gasteiger partial charge >= 0.3 is 5.97 Å². The molecule has 0 spiro atoms. The largest absolute Gasteiger partial charge is 0.464 e. The van der Waals surface area contributed by atoms with E-state index in [1.807, 2.05) is 12.1 Å². The van der Waals surface area contributed by atoms with E-state index in [4.69, 9.17) is 0 Å². The number of esters is 1. The Labute approximate surface area is 161 Å². The minimum Gasteiger partial charge on any atom is -0.464 e. The molecule has 0 unspecified atom stereocenters. The molecule has 1 aliphatic carbocycles. The van der Waals surface area contributed by atoms with Crippen LogP contribution in [0, 0.1) is 0 Å². The molecule has 0 saturated carbocycles. The second-order valence-electron chi connectivity index (χ2n) is 6.38. The molecule has 0 saturated heterocycles. The number of nitrogens with one attached hydrogen (secondary N) is 1. The van der Waals surface area contributed by atoms with Gasteiger partial charge in [-0.1, -0.05) is 31.4 Å². The normalized spacial score (nSPS) is 15.4. The Balaban J connectivity index is 1.84. The Morgan fingerprint density at radius 1 is 1.25 bits per heavy atom. The summed E-state index contributed by atoms with van der Waals surface area (Å²) in [6, 6.07) is 5.19. The molecule has 2 aliphatic rings. The van der Waals surface area contributed by atoms with E-state index in [1.165, 1.54) is 11.0 Å². The fraction of sp³-hybridized carbons (Fsp3) is 0.190. The van der Waals surface area contributed by atoms with Crippen molar-refractivity contribution in [3.8, 4) is 0 Å². The monoisotopic (exact) mass is 382 g/mol. The van der Waals surface area contributed by atoms with E-state index in [0.717, 1.165) is 12.7 Å². The van der Waals surface area contributed by atoms with Gasteiger partial charge in [0, 0.05) is 12.0 Å². The van der Waals surface area contributed by atoms with E-state index >= 15 is 0 Å². The molecule has 1 N–H and O–H groups in total. The van der Waals surface area contributed by atoms with Crippen molar-refractivity contribution < 1.29 is 23.5 Å². The minimum absolute atomic E-state index is 0.119. The maximum absolute atomic E-state index is 13.7. The highest BCUT2D eigenvalue weighted by Crippen LogP contribution is 2.34. The van der Waals surface area contributed by atoms with Crippen LogP contribution in [-0.2, 0) is 20.9 Å². The van der Waals surface area contributed by atoms with Gasteiger partial charge in [-0.2, -0.15) is 0 Å². The average Bonchev–Trinajstić information content (AvgIpc) is 3.03. The Morgan fingerprint density at radius 2 is 1.96 bits per heavy atom. The molecular weight excluding hydrogens is 363 g/mol. The zero-order valence-corrected chi connectivity index (χ0v) is 15.4. The molecule has 0 atom stereocenters. The van der Waals surface area contributed by atoms with Crippen LogP contribution in [0.1, 0.15) is 34.3 Å². The van der Waals surface area contributed by atoms with Gasteiger partial charge in [-0.05, 0) is 35.3 Å². The first kappa shape index (κ1) is 19.3. The smallest absolute Gasteiger partial charge is 0.353 e. The molecule has 1 aromatic carbocycles. The summed E-state index contributed by atoms with van der Waals surface area (Å²) in [4.78, 5) is 37.7. The highest BCUT2D eigenvalue weighted by molar-refractivity contribution is 6.07. The summed E-state index contributed by atoms with van der Waals surface area (Å²) >= 11 is 0. The lowest BCUT2D eigenvalue weighted by molar-refractivity contribution is -0.137. The van der Waals surface area contributed by atoms with Crippen molar-refractivity contribution in [3.05, 3.63) is 77.4 Å². The number of halogens is 1. The molecule has 1 heterocycles. The van der Waals surface area contributed by atoms with Crippen LogP contribution in [0.4, 0.5) is 4.39 Å². The molecule has 1 aromatic rings.